The van der Waals surface area contributed by atoms with E-state index in [4.69, 9.17) is 33.0 Å². The molecule has 3 heterocycles. The second-order valence-corrected chi connectivity index (χ2v) is 8.36. The van der Waals surface area contributed by atoms with Gasteiger partial charge in [-0.25, -0.2) is 9.78 Å². The van der Waals surface area contributed by atoms with Crippen LogP contribution in [0, 0.1) is 12.8 Å². The minimum Gasteiger partial charge on any atom is -0.477 e. The average molecular weight is 447 g/mol. The first kappa shape index (κ1) is 20.9. The Morgan fingerprint density at radius 3 is 2.79 bits per heavy atom. The van der Waals surface area contributed by atoms with Crippen molar-refractivity contribution in [2.45, 2.75) is 19.4 Å². The molecule has 2 atom stereocenters. The van der Waals surface area contributed by atoms with E-state index in [1.807, 2.05) is 4.90 Å². The minimum atomic E-state index is -0.990. The molecule has 0 radical (unpaired) electrons. The predicted molar refractivity (Wildman–Crippen MR) is 108 cm³/mol. The van der Waals surface area contributed by atoms with Gasteiger partial charge in [-0.15, -0.1) is 0 Å². The Balaban J connectivity index is 1.71. The molecule has 0 saturated carbocycles. The number of carbonyl (C=O) groups excluding carboxylic acids is 1. The molecule has 1 amide bonds. The maximum Gasteiger partial charge on any atom is 0.347 e. The standard InChI is InChI=1S/C17H20Cl2N4O4S/c1-8-12(18)13(19)14(21-8)15(24)22-10-3-4-23(6-9(10)7-27-2)17-20-5-11(28-17)16(25)26/h5,9-10,21H,3-4,6-7H2,1-2H3,(H,22,24)(H,25,26)/t9-,10-/m1/s1. The molecule has 1 aliphatic heterocycles. The van der Waals surface area contributed by atoms with Crippen LogP contribution in [-0.4, -0.2) is 59.8 Å². The van der Waals surface area contributed by atoms with Crippen molar-refractivity contribution >= 4 is 51.5 Å². The molecular weight excluding hydrogens is 427 g/mol. The highest BCUT2D eigenvalue weighted by Gasteiger charge is 2.33. The summed E-state index contributed by atoms with van der Waals surface area (Å²) in [6, 6.07) is -0.124. The highest BCUT2D eigenvalue weighted by Crippen LogP contribution is 2.30. The van der Waals surface area contributed by atoms with Crippen LogP contribution in [0.4, 0.5) is 5.13 Å². The average Bonchev–Trinajstić information content (AvgIpc) is 3.25. The molecular formula is C17H20Cl2N4O4S. The zero-order valence-corrected chi connectivity index (χ0v) is 17.6. The highest BCUT2D eigenvalue weighted by molar-refractivity contribution is 7.17. The number of H-pyrrole nitrogens is 1. The number of hydrogen-bond acceptors (Lipinski definition) is 6. The van der Waals surface area contributed by atoms with Crippen LogP contribution < -0.4 is 10.2 Å². The lowest BCUT2D eigenvalue weighted by Gasteiger charge is -2.38. The predicted octanol–water partition coefficient (Wildman–Crippen LogP) is 3.06. The second kappa shape index (κ2) is 8.69. The number of halogens is 2. The Labute approximate surface area is 175 Å². The van der Waals surface area contributed by atoms with Crippen LogP contribution in [0.1, 0.15) is 32.3 Å². The van der Waals surface area contributed by atoms with Crippen LogP contribution in [0.2, 0.25) is 10.0 Å². The first-order chi connectivity index (χ1) is 13.3. The third-order valence-corrected chi connectivity index (χ3v) is 6.68. The molecule has 1 aliphatic rings. The van der Waals surface area contributed by atoms with Crippen LogP contribution in [0.3, 0.4) is 0 Å². The van der Waals surface area contributed by atoms with Crippen LogP contribution in [0.15, 0.2) is 6.20 Å². The largest absolute Gasteiger partial charge is 0.477 e. The smallest absolute Gasteiger partial charge is 0.347 e. The number of anilines is 1. The van der Waals surface area contributed by atoms with Gasteiger partial charge < -0.3 is 25.0 Å². The number of piperidine rings is 1. The van der Waals surface area contributed by atoms with E-state index < -0.39 is 5.97 Å². The Bertz CT molecular complexity index is 885. The van der Waals surface area contributed by atoms with Crippen molar-refractivity contribution in [3.8, 4) is 0 Å². The van der Waals surface area contributed by atoms with Crippen molar-refractivity contribution in [1.29, 1.82) is 0 Å². The van der Waals surface area contributed by atoms with E-state index in [-0.39, 0.29) is 33.5 Å². The molecule has 1 saturated heterocycles. The number of aromatic amines is 1. The summed E-state index contributed by atoms with van der Waals surface area (Å²) in [5.41, 5.74) is 0.881. The Kier molecular flexibility index (Phi) is 6.49. The fraction of sp³-hybridized carbons (Fsp3) is 0.471. The molecule has 0 aliphatic carbocycles. The van der Waals surface area contributed by atoms with Crippen LogP contribution >= 0.6 is 34.5 Å². The molecule has 2 aromatic rings. The van der Waals surface area contributed by atoms with Gasteiger partial charge in [0.05, 0.1) is 22.8 Å². The molecule has 3 N–H and O–H groups in total. The molecule has 28 heavy (non-hydrogen) atoms. The van der Waals surface area contributed by atoms with Gasteiger partial charge in [0, 0.05) is 37.9 Å². The summed E-state index contributed by atoms with van der Waals surface area (Å²) < 4.78 is 5.33. The van der Waals surface area contributed by atoms with E-state index in [0.29, 0.717) is 42.0 Å². The molecule has 11 heteroatoms. The van der Waals surface area contributed by atoms with Crippen molar-refractivity contribution in [2.24, 2.45) is 5.92 Å². The first-order valence-corrected chi connectivity index (χ1v) is 10.2. The molecule has 152 valence electrons. The fourth-order valence-corrected chi connectivity index (χ4v) is 4.46. The quantitative estimate of drug-likeness (QED) is 0.629. The number of aryl methyl sites for hydroxylation is 1. The van der Waals surface area contributed by atoms with Crippen molar-refractivity contribution in [3.05, 3.63) is 32.5 Å². The van der Waals surface area contributed by atoms with E-state index in [1.54, 1.807) is 14.0 Å². The molecule has 0 aromatic carbocycles. The number of aromatic nitrogens is 2. The summed E-state index contributed by atoms with van der Waals surface area (Å²) in [5, 5.41) is 13.3. The number of carbonyl (C=O) groups is 2. The Morgan fingerprint density at radius 2 is 2.21 bits per heavy atom. The topological polar surface area (TPSA) is 108 Å². The van der Waals surface area contributed by atoms with Gasteiger partial charge in [-0.1, -0.05) is 34.5 Å². The number of thiazole rings is 1. The highest BCUT2D eigenvalue weighted by atomic mass is 35.5. The van der Waals surface area contributed by atoms with E-state index >= 15 is 0 Å². The number of nitrogens with zero attached hydrogens (tertiary/aromatic N) is 2. The maximum atomic E-state index is 12.7. The van der Waals surface area contributed by atoms with Crippen molar-refractivity contribution < 1.29 is 19.4 Å². The van der Waals surface area contributed by atoms with Gasteiger partial charge >= 0.3 is 5.97 Å². The second-order valence-electron chi connectivity index (χ2n) is 6.60. The summed E-state index contributed by atoms with van der Waals surface area (Å²) in [6.45, 7) is 3.41. The maximum absolute atomic E-state index is 12.7. The molecule has 8 nitrogen and oxygen atoms in total. The van der Waals surface area contributed by atoms with Crippen LogP contribution in [-0.2, 0) is 4.74 Å². The number of methoxy groups -OCH3 is 1. The van der Waals surface area contributed by atoms with Gasteiger partial charge in [-0.3, -0.25) is 4.79 Å². The third-order valence-electron chi connectivity index (χ3n) is 4.69. The number of rotatable bonds is 6. The number of carboxylic acid groups (broad SMARTS) is 1. The lowest BCUT2D eigenvalue weighted by Crippen LogP contribution is -2.52. The summed E-state index contributed by atoms with van der Waals surface area (Å²) in [7, 11) is 1.61. The summed E-state index contributed by atoms with van der Waals surface area (Å²) in [6.07, 6.45) is 2.02. The normalized spacial score (nSPS) is 19.6. The van der Waals surface area contributed by atoms with Crippen LogP contribution in [0.5, 0.6) is 0 Å². The summed E-state index contributed by atoms with van der Waals surface area (Å²) in [4.78, 5) is 33.1. The number of amides is 1. The molecule has 1 fully saturated rings. The summed E-state index contributed by atoms with van der Waals surface area (Å²) in [5.74, 6) is -1.30. The lowest BCUT2D eigenvalue weighted by molar-refractivity contribution is 0.0701. The van der Waals surface area contributed by atoms with Gasteiger partial charge in [-0.2, -0.15) is 0 Å². The minimum absolute atomic E-state index is 0.00480. The van der Waals surface area contributed by atoms with E-state index in [0.717, 1.165) is 11.3 Å². The number of hydrogen-bond donors (Lipinski definition) is 3. The molecule has 3 rings (SSSR count). The van der Waals surface area contributed by atoms with Gasteiger partial charge in [0.25, 0.3) is 5.91 Å². The van der Waals surface area contributed by atoms with E-state index in [2.05, 4.69) is 15.3 Å². The van der Waals surface area contributed by atoms with Gasteiger partial charge in [-0.05, 0) is 13.3 Å². The van der Waals surface area contributed by atoms with Crippen molar-refractivity contribution in [2.75, 3.05) is 31.7 Å². The number of aromatic carboxylic acids is 1. The zero-order valence-electron chi connectivity index (χ0n) is 15.3. The van der Waals surface area contributed by atoms with Gasteiger partial charge in [0.2, 0.25) is 0 Å². The Hall–Kier alpha value is -1.81. The zero-order chi connectivity index (χ0) is 20.4. The third kappa shape index (κ3) is 4.27. The molecule has 0 spiro atoms. The number of ether oxygens (including phenoxy) is 1. The SMILES string of the molecule is COC[C@H]1CN(c2ncc(C(=O)O)s2)CC[C@H]1NC(=O)c1[nH]c(C)c(Cl)c1Cl. The summed E-state index contributed by atoms with van der Waals surface area (Å²) >= 11 is 13.3. The van der Waals surface area contributed by atoms with Crippen LogP contribution in [0.25, 0.3) is 0 Å². The van der Waals surface area contributed by atoms with E-state index in [1.165, 1.54) is 6.20 Å². The fourth-order valence-electron chi connectivity index (χ4n) is 3.26. The Morgan fingerprint density at radius 1 is 1.46 bits per heavy atom. The lowest BCUT2D eigenvalue weighted by atomic mass is 9.92. The van der Waals surface area contributed by atoms with Crippen molar-refractivity contribution in [1.82, 2.24) is 15.3 Å². The van der Waals surface area contributed by atoms with Gasteiger partial charge in [0.1, 0.15) is 10.6 Å². The monoisotopic (exact) mass is 446 g/mol. The molecule has 2 aromatic heterocycles. The van der Waals surface area contributed by atoms with Gasteiger partial charge in [0.15, 0.2) is 5.13 Å². The number of nitrogens with one attached hydrogen (secondary N) is 2. The molecule has 0 bridgehead atoms. The number of carboxylic acids is 1. The first-order valence-electron chi connectivity index (χ1n) is 8.59. The van der Waals surface area contributed by atoms with E-state index in [9.17, 15) is 9.59 Å². The molecule has 0 unspecified atom stereocenters. The van der Waals surface area contributed by atoms with Crippen molar-refractivity contribution in [3.63, 3.8) is 0 Å².